The summed E-state index contributed by atoms with van der Waals surface area (Å²) in [4.78, 5) is 13.6. The first-order chi connectivity index (χ1) is 29.3. The molecule has 0 amide bonds. The normalized spacial score (nSPS) is 12.6. The van der Waals surface area contributed by atoms with E-state index in [0.717, 1.165) is 51.7 Å². The fraction of sp³-hybridized carbons (Fsp3) is 0.0182. The van der Waals surface area contributed by atoms with Crippen LogP contribution in [0.15, 0.2) is 194 Å². The van der Waals surface area contributed by atoms with Crippen molar-refractivity contribution in [1.82, 2.24) is 14.5 Å². The molecule has 0 unspecified atom stereocenters. The van der Waals surface area contributed by atoms with E-state index in [1.54, 1.807) is 0 Å². The van der Waals surface area contributed by atoms with Crippen LogP contribution in [-0.4, -0.2) is 14.5 Å². The SMILES string of the molecule is c1ccc(-n2c3ccccc3c3cc(-c4nc(-c5ccccc5N5c6ccc7ccccc7c6-c6cccc7cccc5c67)nc5c4Cc4ccccc4-5)ccc32)cc1. The van der Waals surface area contributed by atoms with E-state index in [1.807, 2.05) is 0 Å². The first-order valence-electron chi connectivity index (χ1n) is 20.3. The van der Waals surface area contributed by atoms with Crippen LogP contribution in [0.3, 0.4) is 0 Å². The fourth-order valence-corrected chi connectivity index (χ4v) is 10.00. The molecule has 0 spiro atoms. The highest BCUT2D eigenvalue weighted by Gasteiger charge is 2.31. The molecule has 0 fully saturated rings. The molecule has 0 radical (unpaired) electrons. The first-order valence-corrected chi connectivity index (χ1v) is 20.3. The third-order valence-electron chi connectivity index (χ3n) is 12.5. The van der Waals surface area contributed by atoms with Gasteiger partial charge in [0.2, 0.25) is 0 Å². The molecule has 2 aromatic heterocycles. The molecule has 1 aliphatic carbocycles. The number of fused-ring (bicyclic) bond motifs is 10. The number of hydrogen-bond donors (Lipinski definition) is 0. The zero-order valence-electron chi connectivity index (χ0n) is 32.0. The number of aromatic nitrogens is 3. The summed E-state index contributed by atoms with van der Waals surface area (Å²) in [5, 5.41) is 7.37. The van der Waals surface area contributed by atoms with Crippen molar-refractivity contribution >= 4 is 60.4 Å². The molecule has 0 bridgehead atoms. The van der Waals surface area contributed by atoms with Gasteiger partial charge in [-0.3, -0.25) is 0 Å². The highest BCUT2D eigenvalue weighted by molar-refractivity contribution is 6.20. The molecular weight excluding hydrogens is 717 g/mol. The summed E-state index contributed by atoms with van der Waals surface area (Å²) >= 11 is 0. The first kappa shape index (κ1) is 32.3. The maximum atomic E-state index is 5.63. The average molecular weight is 751 g/mol. The van der Waals surface area contributed by atoms with E-state index in [-0.39, 0.29) is 0 Å². The van der Waals surface area contributed by atoms with Crippen LogP contribution in [0, 0.1) is 0 Å². The summed E-state index contributed by atoms with van der Waals surface area (Å²) < 4.78 is 2.37. The Balaban J connectivity index is 1.07. The summed E-state index contributed by atoms with van der Waals surface area (Å²) in [6, 6.07) is 70.3. The Hall–Kier alpha value is -7.82. The van der Waals surface area contributed by atoms with Gasteiger partial charge in [0.1, 0.15) is 0 Å². The summed E-state index contributed by atoms with van der Waals surface area (Å²) in [5.74, 6) is 0.714. The van der Waals surface area contributed by atoms with Gasteiger partial charge in [-0.15, -0.1) is 0 Å². The zero-order chi connectivity index (χ0) is 38.6. The molecule has 274 valence electrons. The van der Waals surface area contributed by atoms with E-state index in [0.29, 0.717) is 5.82 Å². The van der Waals surface area contributed by atoms with Crippen molar-refractivity contribution in [2.75, 3.05) is 4.90 Å². The molecule has 0 atom stereocenters. The molecule has 9 aromatic carbocycles. The fourth-order valence-electron chi connectivity index (χ4n) is 10.00. The molecule has 4 heteroatoms. The van der Waals surface area contributed by atoms with Crippen molar-refractivity contribution in [1.29, 1.82) is 0 Å². The summed E-state index contributed by atoms with van der Waals surface area (Å²) in [7, 11) is 0. The number of para-hydroxylation sites is 3. The minimum atomic E-state index is 0.714. The number of rotatable bonds is 4. The van der Waals surface area contributed by atoms with Gasteiger partial charge in [-0.05, 0) is 81.9 Å². The van der Waals surface area contributed by atoms with Gasteiger partial charge in [-0.25, -0.2) is 9.97 Å². The van der Waals surface area contributed by atoms with E-state index in [9.17, 15) is 0 Å². The van der Waals surface area contributed by atoms with Gasteiger partial charge < -0.3 is 9.47 Å². The Morgan fingerprint density at radius 2 is 1.10 bits per heavy atom. The maximum absolute atomic E-state index is 5.63. The standard InChI is InChI=1S/C55H34N4/c1-2-18-38(19-3-1)58-46-25-10-8-22-41(46)44-33-37(29-30-48(44)58)53-45-32-36-15-5-7-21-40(36)54(45)57-55(56-53)42-23-9-11-26-47(42)59-49-27-13-17-35-16-12-24-43(51(35)49)52-39-20-6-4-14-34(39)28-31-50(52)59/h1-31,33H,32H2. The van der Waals surface area contributed by atoms with E-state index >= 15 is 0 Å². The lowest BCUT2D eigenvalue weighted by molar-refractivity contribution is 1.13. The van der Waals surface area contributed by atoms with Crippen LogP contribution in [0.5, 0.6) is 0 Å². The third-order valence-corrected chi connectivity index (χ3v) is 12.5. The summed E-state index contributed by atoms with van der Waals surface area (Å²) in [5.41, 5.74) is 17.1. The molecule has 1 aliphatic heterocycles. The smallest absolute Gasteiger partial charge is 0.162 e. The van der Waals surface area contributed by atoms with Crippen molar-refractivity contribution in [2.45, 2.75) is 6.42 Å². The summed E-state index contributed by atoms with van der Waals surface area (Å²) in [6.45, 7) is 0. The van der Waals surface area contributed by atoms with Gasteiger partial charge in [0.25, 0.3) is 0 Å². The topological polar surface area (TPSA) is 34.0 Å². The number of anilines is 3. The molecule has 59 heavy (non-hydrogen) atoms. The Labute approximate surface area is 340 Å². The van der Waals surface area contributed by atoms with Crippen LogP contribution in [0.4, 0.5) is 17.1 Å². The van der Waals surface area contributed by atoms with Gasteiger partial charge >= 0.3 is 0 Å². The molecular formula is C55H34N4. The number of benzene rings is 9. The Morgan fingerprint density at radius 3 is 2.02 bits per heavy atom. The predicted molar refractivity (Wildman–Crippen MR) is 244 cm³/mol. The van der Waals surface area contributed by atoms with Crippen molar-refractivity contribution < 1.29 is 0 Å². The van der Waals surface area contributed by atoms with Crippen LogP contribution in [0.25, 0.3) is 94.1 Å². The van der Waals surface area contributed by atoms with Gasteiger partial charge in [0.15, 0.2) is 5.82 Å². The Bertz CT molecular complexity index is 3540. The molecule has 0 saturated heterocycles. The Kier molecular flexibility index (Phi) is 6.75. The van der Waals surface area contributed by atoms with Gasteiger partial charge in [-0.1, -0.05) is 140 Å². The van der Waals surface area contributed by atoms with Gasteiger partial charge in [-0.2, -0.15) is 0 Å². The maximum Gasteiger partial charge on any atom is 0.162 e. The van der Waals surface area contributed by atoms with Crippen LogP contribution in [-0.2, 0) is 6.42 Å². The van der Waals surface area contributed by atoms with Crippen molar-refractivity contribution in [3.8, 4) is 50.7 Å². The van der Waals surface area contributed by atoms with Gasteiger partial charge in [0, 0.05) is 56.1 Å². The minimum Gasteiger partial charge on any atom is -0.309 e. The van der Waals surface area contributed by atoms with Crippen LogP contribution >= 0.6 is 0 Å². The molecule has 11 aromatic rings. The quantitative estimate of drug-likeness (QED) is 0.180. The lowest BCUT2D eigenvalue weighted by atomic mass is 9.87. The van der Waals surface area contributed by atoms with Gasteiger partial charge in [0.05, 0.1) is 39.5 Å². The van der Waals surface area contributed by atoms with Crippen molar-refractivity contribution in [3.63, 3.8) is 0 Å². The molecule has 4 nitrogen and oxygen atoms in total. The Morgan fingerprint density at radius 1 is 0.424 bits per heavy atom. The van der Waals surface area contributed by atoms with Crippen molar-refractivity contribution in [3.05, 3.63) is 205 Å². The highest BCUT2D eigenvalue weighted by Crippen LogP contribution is 2.54. The zero-order valence-corrected chi connectivity index (χ0v) is 32.0. The number of hydrogen-bond acceptors (Lipinski definition) is 3. The molecule has 13 rings (SSSR count). The van der Waals surface area contributed by atoms with Crippen molar-refractivity contribution in [2.24, 2.45) is 0 Å². The van der Waals surface area contributed by atoms with E-state index in [2.05, 4.69) is 204 Å². The average Bonchev–Trinajstić information content (AvgIpc) is 3.85. The summed E-state index contributed by atoms with van der Waals surface area (Å²) in [6.07, 6.45) is 0.790. The predicted octanol–water partition coefficient (Wildman–Crippen LogP) is 14.2. The molecule has 2 aliphatic rings. The lowest BCUT2D eigenvalue weighted by Crippen LogP contribution is -2.16. The second kappa shape index (κ2) is 12.3. The second-order valence-electron chi connectivity index (χ2n) is 15.7. The monoisotopic (exact) mass is 750 g/mol. The van der Waals surface area contributed by atoms with Crippen LogP contribution < -0.4 is 4.90 Å². The third kappa shape index (κ3) is 4.66. The lowest BCUT2D eigenvalue weighted by Gasteiger charge is -2.35. The number of nitrogens with zero attached hydrogens (tertiary/aromatic N) is 4. The largest absolute Gasteiger partial charge is 0.309 e. The van der Waals surface area contributed by atoms with Crippen LogP contribution in [0.2, 0.25) is 0 Å². The molecule has 3 heterocycles. The molecule has 0 saturated carbocycles. The van der Waals surface area contributed by atoms with E-state index in [1.165, 1.54) is 71.2 Å². The van der Waals surface area contributed by atoms with E-state index in [4.69, 9.17) is 9.97 Å². The van der Waals surface area contributed by atoms with E-state index < -0.39 is 0 Å². The minimum absolute atomic E-state index is 0.714. The second-order valence-corrected chi connectivity index (χ2v) is 15.7. The molecule has 0 N–H and O–H groups in total. The van der Waals surface area contributed by atoms with Crippen LogP contribution in [0.1, 0.15) is 11.1 Å². The highest BCUT2D eigenvalue weighted by atomic mass is 15.2.